The number of oxazole rings is 1. The van der Waals surface area contributed by atoms with Crippen molar-refractivity contribution in [1.82, 2.24) is 4.98 Å². The summed E-state index contributed by atoms with van der Waals surface area (Å²) in [5, 5.41) is 14.1. The lowest BCUT2D eigenvalue weighted by Gasteiger charge is -2.08. The molecule has 0 atom stereocenters. The standard InChI is InChI=1S/C24H21N3O5/c1-4-31-21-9-8-16(13-20(21)27(29)30)23(28)25-18-7-5-6-17(12-18)24-26-19-10-14(2)15(3)11-22(19)32-24/h5-13H,4H2,1-3H3,(H,25,28). The van der Waals surface area contributed by atoms with Gasteiger partial charge in [-0.3, -0.25) is 14.9 Å². The zero-order valence-electron chi connectivity index (χ0n) is 17.8. The lowest BCUT2D eigenvalue weighted by atomic mass is 10.1. The number of aryl methyl sites for hydroxylation is 2. The highest BCUT2D eigenvalue weighted by Gasteiger charge is 2.19. The second kappa shape index (κ2) is 8.50. The van der Waals surface area contributed by atoms with Crippen LogP contribution in [0.4, 0.5) is 11.4 Å². The van der Waals surface area contributed by atoms with E-state index in [1.807, 2.05) is 32.0 Å². The Bertz CT molecular complexity index is 1300. The molecule has 8 nitrogen and oxygen atoms in total. The molecule has 4 rings (SSSR count). The first-order valence-electron chi connectivity index (χ1n) is 10.1. The number of anilines is 1. The highest BCUT2D eigenvalue weighted by Crippen LogP contribution is 2.30. The Labute approximate surface area is 184 Å². The van der Waals surface area contributed by atoms with E-state index >= 15 is 0 Å². The number of benzene rings is 3. The summed E-state index contributed by atoms with van der Waals surface area (Å²) in [4.78, 5) is 28.0. The number of ether oxygens (including phenoxy) is 1. The molecule has 0 spiro atoms. The van der Waals surface area contributed by atoms with Crippen LogP contribution in [0.3, 0.4) is 0 Å². The summed E-state index contributed by atoms with van der Waals surface area (Å²) >= 11 is 0. The summed E-state index contributed by atoms with van der Waals surface area (Å²) in [7, 11) is 0. The summed E-state index contributed by atoms with van der Waals surface area (Å²) in [6.45, 7) is 6.05. The van der Waals surface area contributed by atoms with E-state index in [9.17, 15) is 14.9 Å². The molecule has 3 aromatic carbocycles. The Morgan fingerprint density at radius 1 is 1.12 bits per heavy atom. The lowest BCUT2D eigenvalue weighted by molar-refractivity contribution is -0.385. The fourth-order valence-corrected chi connectivity index (χ4v) is 3.32. The quantitative estimate of drug-likeness (QED) is 0.311. The molecule has 0 radical (unpaired) electrons. The van der Waals surface area contributed by atoms with E-state index in [4.69, 9.17) is 9.15 Å². The minimum absolute atomic E-state index is 0.123. The number of hydrogen-bond donors (Lipinski definition) is 1. The van der Waals surface area contributed by atoms with E-state index in [1.165, 1.54) is 18.2 Å². The summed E-state index contributed by atoms with van der Waals surface area (Å²) in [6.07, 6.45) is 0. The fourth-order valence-electron chi connectivity index (χ4n) is 3.32. The SMILES string of the molecule is CCOc1ccc(C(=O)Nc2cccc(-c3nc4cc(C)c(C)cc4o3)c2)cc1[N+](=O)[O-]. The monoisotopic (exact) mass is 431 g/mol. The number of aromatic nitrogens is 1. The van der Waals surface area contributed by atoms with Crippen molar-refractivity contribution in [3.05, 3.63) is 81.4 Å². The van der Waals surface area contributed by atoms with Crippen molar-refractivity contribution in [3.63, 3.8) is 0 Å². The normalized spacial score (nSPS) is 10.8. The maximum absolute atomic E-state index is 12.7. The van der Waals surface area contributed by atoms with Gasteiger partial charge in [0.25, 0.3) is 5.91 Å². The number of fused-ring (bicyclic) bond motifs is 1. The number of amides is 1. The first-order valence-corrected chi connectivity index (χ1v) is 10.1. The third-order valence-electron chi connectivity index (χ3n) is 5.09. The van der Waals surface area contributed by atoms with E-state index in [1.54, 1.807) is 25.1 Å². The molecule has 0 saturated heterocycles. The van der Waals surface area contributed by atoms with Gasteiger partial charge in [-0.1, -0.05) is 6.07 Å². The first-order chi connectivity index (χ1) is 15.4. The van der Waals surface area contributed by atoms with E-state index in [-0.39, 0.29) is 23.6 Å². The van der Waals surface area contributed by atoms with E-state index < -0.39 is 10.8 Å². The van der Waals surface area contributed by atoms with Crippen molar-refractivity contribution in [2.45, 2.75) is 20.8 Å². The largest absolute Gasteiger partial charge is 0.487 e. The maximum Gasteiger partial charge on any atom is 0.311 e. The molecule has 1 aromatic heterocycles. The third kappa shape index (κ3) is 4.15. The van der Waals surface area contributed by atoms with Crippen LogP contribution in [0, 0.1) is 24.0 Å². The smallest absolute Gasteiger partial charge is 0.311 e. The molecule has 0 aliphatic heterocycles. The van der Waals surface area contributed by atoms with Crippen LogP contribution in [0.15, 0.2) is 59.0 Å². The van der Waals surface area contributed by atoms with Gasteiger partial charge in [-0.15, -0.1) is 0 Å². The van der Waals surface area contributed by atoms with Crippen LogP contribution in [-0.4, -0.2) is 22.4 Å². The number of carbonyl (C=O) groups excluding carboxylic acids is 1. The Hall–Kier alpha value is -4.20. The molecule has 1 N–H and O–H groups in total. The van der Waals surface area contributed by atoms with Gasteiger partial charge in [-0.25, -0.2) is 4.98 Å². The van der Waals surface area contributed by atoms with Crippen LogP contribution < -0.4 is 10.1 Å². The highest BCUT2D eigenvalue weighted by atomic mass is 16.6. The molecule has 0 aliphatic carbocycles. The average molecular weight is 431 g/mol. The van der Waals surface area contributed by atoms with Crippen molar-refractivity contribution < 1.29 is 18.9 Å². The summed E-state index contributed by atoms with van der Waals surface area (Å²) in [6, 6.07) is 15.1. The predicted molar refractivity (Wildman–Crippen MR) is 121 cm³/mol. The number of nitro benzene ring substituents is 1. The molecule has 162 valence electrons. The van der Waals surface area contributed by atoms with Gasteiger partial charge >= 0.3 is 5.69 Å². The number of nitro groups is 1. The molecule has 0 aliphatic rings. The van der Waals surface area contributed by atoms with Gasteiger partial charge in [0.1, 0.15) is 5.52 Å². The molecule has 0 bridgehead atoms. The van der Waals surface area contributed by atoms with Crippen LogP contribution in [0.25, 0.3) is 22.6 Å². The number of hydrogen-bond acceptors (Lipinski definition) is 6. The minimum atomic E-state index is -0.570. The Morgan fingerprint density at radius 3 is 2.66 bits per heavy atom. The van der Waals surface area contributed by atoms with Crippen molar-refractivity contribution in [2.75, 3.05) is 11.9 Å². The van der Waals surface area contributed by atoms with E-state index in [0.29, 0.717) is 22.7 Å². The number of nitrogens with one attached hydrogen (secondary N) is 1. The average Bonchev–Trinajstić information content (AvgIpc) is 3.17. The van der Waals surface area contributed by atoms with Crippen LogP contribution in [0.2, 0.25) is 0 Å². The van der Waals surface area contributed by atoms with Crippen molar-refractivity contribution in [3.8, 4) is 17.2 Å². The number of carbonyl (C=O) groups is 1. The fraction of sp³-hybridized carbons (Fsp3) is 0.167. The van der Waals surface area contributed by atoms with E-state index in [0.717, 1.165) is 16.6 Å². The first kappa shape index (κ1) is 21.0. The Kier molecular flexibility index (Phi) is 5.59. The second-order valence-electron chi connectivity index (χ2n) is 7.33. The Morgan fingerprint density at radius 2 is 1.91 bits per heavy atom. The lowest BCUT2D eigenvalue weighted by Crippen LogP contribution is -2.12. The number of rotatable bonds is 6. The van der Waals surface area contributed by atoms with Gasteiger partial charge in [-0.05, 0) is 74.4 Å². The molecule has 8 heteroatoms. The molecule has 32 heavy (non-hydrogen) atoms. The van der Waals surface area contributed by atoms with Crippen molar-refractivity contribution in [2.24, 2.45) is 0 Å². The minimum Gasteiger partial charge on any atom is -0.487 e. The van der Waals surface area contributed by atoms with Gasteiger partial charge in [0.15, 0.2) is 11.3 Å². The van der Waals surface area contributed by atoms with Crippen molar-refractivity contribution in [1.29, 1.82) is 0 Å². The van der Waals surface area contributed by atoms with E-state index in [2.05, 4.69) is 10.3 Å². The molecule has 1 heterocycles. The van der Waals surface area contributed by atoms with Gasteiger partial charge in [0.05, 0.1) is 11.5 Å². The van der Waals surface area contributed by atoms with Crippen LogP contribution in [-0.2, 0) is 0 Å². The highest BCUT2D eigenvalue weighted by molar-refractivity contribution is 6.05. The second-order valence-corrected chi connectivity index (χ2v) is 7.33. The molecule has 0 fully saturated rings. The molecular formula is C24H21N3O5. The van der Waals surface area contributed by atoms with Crippen LogP contribution >= 0.6 is 0 Å². The molecule has 4 aromatic rings. The van der Waals surface area contributed by atoms with Crippen molar-refractivity contribution >= 4 is 28.4 Å². The molecule has 1 amide bonds. The Balaban J connectivity index is 1.60. The molecular weight excluding hydrogens is 410 g/mol. The topological polar surface area (TPSA) is 108 Å². The van der Waals surface area contributed by atoms with Crippen LogP contribution in [0.5, 0.6) is 5.75 Å². The summed E-state index contributed by atoms with van der Waals surface area (Å²) < 4.78 is 11.2. The summed E-state index contributed by atoms with van der Waals surface area (Å²) in [5.74, 6) is 0.0902. The summed E-state index contributed by atoms with van der Waals surface area (Å²) in [5.41, 5.74) is 4.81. The van der Waals surface area contributed by atoms with Gasteiger partial charge in [0, 0.05) is 22.9 Å². The van der Waals surface area contributed by atoms with Gasteiger partial charge < -0.3 is 14.5 Å². The van der Waals surface area contributed by atoms with Gasteiger partial charge in [0.2, 0.25) is 5.89 Å². The third-order valence-corrected chi connectivity index (χ3v) is 5.09. The maximum atomic E-state index is 12.7. The predicted octanol–water partition coefficient (Wildman–Crippen LogP) is 5.67. The molecule has 0 unspecified atom stereocenters. The van der Waals surface area contributed by atoms with Gasteiger partial charge in [-0.2, -0.15) is 0 Å². The zero-order valence-corrected chi connectivity index (χ0v) is 17.8. The number of nitrogens with zero attached hydrogens (tertiary/aromatic N) is 2. The zero-order chi connectivity index (χ0) is 22.8. The van der Waals surface area contributed by atoms with Crippen LogP contribution in [0.1, 0.15) is 28.4 Å². The molecule has 0 saturated carbocycles.